The number of hydrogen-bond donors (Lipinski definition) is 0. The summed E-state index contributed by atoms with van der Waals surface area (Å²) in [5.41, 5.74) is 3.24. The normalized spacial score (nSPS) is 20.3. The Morgan fingerprint density at radius 1 is 1.40 bits per heavy atom. The second-order valence-electron chi connectivity index (χ2n) is 4.28. The molecule has 0 saturated carbocycles. The molecule has 3 heteroatoms. The Balaban J connectivity index is 1.94. The molecule has 0 aliphatic carbocycles. The first-order chi connectivity index (χ1) is 7.25. The Kier molecular flexibility index (Phi) is 1.83. The third-order valence-electron chi connectivity index (χ3n) is 3.15. The Morgan fingerprint density at radius 2 is 2.20 bits per heavy atom. The van der Waals surface area contributed by atoms with Gasteiger partial charge in [0.2, 0.25) is 0 Å². The highest BCUT2D eigenvalue weighted by Crippen LogP contribution is 2.27. The molecule has 78 valence electrons. The van der Waals surface area contributed by atoms with Crippen LogP contribution in [0.4, 0.5) is 0 Å². The second kappa shape index (κ2) is 3.07. The van der Waals surface area contributed by atoms with Crippen molar-refractivity contribution in [1.29, 1.82) is 0 Å². The standard InChI is InChI=1S/C12H13NO2/c1-8-2-3-11-9(4-8)5-13(12(11)14)10-6-15-7-10/h2-4,10H,5-7H2,1H3. The fourth-order valence-corrected chi connectivity index (χ4v) is 2.17. The zero-order chi connectivity index (χ0) is 10.4. The highest BCUT2D eigenvalue weighted by molar-refractivity contribution is 5.98. The summed E-state index contributed by atoms with van der Waals surface area (Å²) in [6.45, 7) is 4.20. The number of hydrogen-bond acceptors (Lipinski definition) is 2. The van der Waals surface area contributed by atoms with Crippen molar-refractivity contribution in [1.82, 2.24) is 4.90 Å². The minimum absolute atomic E-state index is 0.165. The van der Waals surface area contributed by atoms with Gasteiger partial charge in [0.1, 0.15) is 0 Å². The maximum atomic E-state index is 12.0. The molecule has 0 atom stereocenters. The van der Waals surface area contributed by atoms with Gasteiger partial charge in [0.25, 0.3) is 5.91 Å². The van der Waals surface area contributed by atoms with E-state index in [1.54, 1.807) is 0 Å². The molecule has 2 aliphatic rings. The van der Waals surface area contributed by atoms with Crippen molar-refractivity contribution in [3.8, 4) is 0 Å². The summed E-state index contributed by atoms with van der Waals surface area (Å²) in [7, 11) is 0. The highest BCUT2D eigenvalue weighted by atomic mass is 16.5. The quantitative estimate of drug-likeness (QED) is 0.689. The van der Waals surface area contributed by atoms with Crippen LogP contribution in [0, 0.1) is 6.92 Å². The largest absolute Gasteiger partial charge is 0.377 e. The number of nitrogens with zero attached hydrogens (tertiary/aromatic N) is 1. The molecular weight excluding hydrogens is 190 g/mol. The molecule has 3 rings (SSSR count). The number of amides is 1. The van der Waals surface area contributed by atoms with Crippen LogP contribution < -0.4 is 0 Å². The lowest BCUT2D eigenvalue weighted by atomic mass is 10.1. The zero-order valence-electron chi connectivity index (χ0n) is 8.69. The van der Waals surface area contributed by atoms with E-state index in [1.807, 2.05) is 17.0 Å². The molecule has 1 fully saturated rings. The van der Waals surface area contributed by atoms with Crippen LogP contribution in [0.1, 0.15) is 21.5 Å². The van der Waals surface area contributed by atoms with Crippen LogP contribution in [0.15, 0.2) is 18.2 Å². The van der Waals surface area contributed by atoms with E-state index < -0.39 is 0 Å². The van der Waals surface area contributed by atoms with E-state index in [2.05, 4.69) is 13.0 Å². The molecule has 1 saturated heterocycles. The molecule has 1 aromatic rings. The van der Waals surface area contributed by atoms with Gasteiger partial charge in [-0.15, -0.1) is 0 Å². The van der Waals surface area contributed by atoms with Gasteiger partial charge in [0.05, 0.1) is 19.3 Å². The van der Waals surface area contributed by atoms with Crippen LogP contribution in [-0.2, 0) is 11.3 Å². The Bertz CT molecular complexity index is 424. The number of carbonyl (C=O) groups is 1. The second-order valence-corrected chi connectivity index (χ2v) is 4.28. The van der Waals surface area contributed by atoms with Gasteiger partial charge < -0.3 is 9.64 Å². The van der Waals surface area contributed by atoms with E-state index in [0.717, 1.165) is 17.7 Å². The smallest absolute Gasteiger partial charge is 0.254 e. The maximum absolute atomic E-state index is 12.0. The predicted octanol–water partition coefficient (Wildman–Crippen LogP) is 1.35. The summed E-state index contributed by atoms with van der Waals surface area (Å²) in [6, 6.07) is 6.33. The van der Waals surface area contributed by atoms with E-state index in [4.69, 9.17) is 4.74 Å². The van der Waals surface area contributed by atoms with E-state index in [9.17, 15) is 4.79 Å². The number of benzene rings is 1. The van der Waals surface area contributed by atoms with Gasteiger partial charge in [-0.25, -0.2) is 0 Å². The van der Waals surface area contributed by atoms with Crippen LogP contribution in [0.25, 0.3) is 0 Å². The van der Waals surface area contributed by atoms with Crippen LogP contribution in [0.2, 0.25) is 0 Å². The third-order valence-corrected chi connectivity index (χ3v) is 3.15. The first kappa shape index (κ1) is 8.92. The molecule has 1 aromatic carbocycles. The van der Waals surface area contributed by atoms with Crippen LogP contribution in [0.3, 0.4) is 0 Å². The van der Waals surface area contributed by atoms with Crippen molar-refractivity contribution in [2.45, 2.75) is 19.5 Å². The van der Waals surface area contributed by atoms with Crippen LogP contribution in [-0.4, -0.2) is 30.1 Å². The summed E-state index contributed by atoms with van der Waals surface area (Å²) in [6.07, 6.45) is 0. The lowest BCUT2D eigenvalue weighted by molar-refractivity contribution is -0.0540. The van der Waals surface area contributed by atoms with E-state index >= 15 is 0 Å². The monoisotopic (exact) mass is 203 g/mol. The topological polar surface area (TPSA) is 29.5 Å². The predicted molar refractivity (Wildman–Crippen MR) is 55.7 cm³/mol. The summed E-state index contributed by atoms with van der Waals surface area (Å²) in [4.78, 5) is 13.9. The van der Waals surface area contributed by atoms with Gasteiger partial charge in [0, 0.05) is 12.1 Å². The average Bonchev–Trinajstić information content (AvgIpc) is 2.41. The van der Waals surface area contributed by atoms with Crippen molar-refractivity contribution < 1.29 is 9.53 Å². The number of aryl methyl sites for hydroxylation is 1. The SMILES string of the molecule is Cc1ccc2c(c1)CN(C1COC1)C2=O. The highest BCUT2D eigenvalue weighted by Gasteiger charge is 2.35. The molecule has 0 unspecified atom stereocenters. The lowest BCUT2D eigenvalue weighted by Crippen LogP contribution is -2.48. The molecule has 2 aliphatic heterocycles. The molecule has 0 N–H and O–H groups in total. The molecular formula is C12H13NO2. The van der Waals surface area contributed by atoms with E-state index in [0.29, 0.717) is 19.3 Å². The van der Waals surface area contributed by atoms with Crippen molar-refractivity contribution >= 4 is 5.91 Å². The van der Waals surface area contributed by atoms with Crippen molar-refractivity contribution in [2.24, 2.45) is 0 Å². The number of fused-ring (bicyclic) bond motifs is 1. The average molecular weight is 203 g/mol. The van der Waals surface area contributed by atoms with Crippen LogP contribution in [0.5, 0.6) is 0 Å². The van der Waals surface area contributed by atoms with Gasteiger partial charge >= 0.3 is 0 Å². The van der Waals surface area contributed by atoms with Gasteiger partial charge in [-0.1, -0.05) is 17.7 Å². The first-order valence-electron chi connectivity index (χ1n) is 5.24. The van der Waals surface area contributed by atoms with Gasteiger partial charge in [-0.2, -0.15) is 0 Å². The van der Waals surface area contributed by atoms with Crippen molar-refractivity contribution in [2.75, 3.05) is 13.2 Å². The zero-order valence-corrected chi connectivity index (χ0v) is 8.69. The fourth-order valence-electron chi connectivity index (χ4n) is 2.17. The van der Waals surface area contributed by atoms with E-state index in [-0.39, 0.29) is 5.91 Å². The van der Waals surface area contributed by atoms with Gasteiger partial charge in [0.15, 0.2) is 0 Å². The van der Waals surface area contributed by atoms with Gasteiger partial charge in [-0.05, 0) is 18.6 Å². The van der Waals surface area contributed by atoms with E-state index in [1.165, 1.54) is 5.56 Å². The molecule has 0 aromatic heterocycles. The van der Waals surface area contributed by atoms with Crippen molar-refractivity contribution in [3.05, 3.63) is 34.9 Å². The van der Waals surface area contributed by atoms with Gasteiger partial charge in [-0.3, -0.25) is 4.79 Å². The number of carbonyl (C=O) groups excluding carboxylic acids is 1. The number of ether oxygens (including phenoxy) is 1. The minimum Gasteiger partial charge on any atom is -0.377 e. The minimum atomic E-state index is 0.165. The number of rotatable bonds is 1. The lowest BCUT2D eigenvalue weighted by Gasteiger charge is -2.34. The molecule has 15 heavy (non-hydrogen) atoms. The summed E-state index contributed by atoms with van der Waals surface area (Å²) < 4.78 is 5.12. The molecule has 0 radical (unpaired) electrons. The molecule has 0 spiro atoms. The molecule has 0 bridgehead atoms. The first-order valence-corrected chi connectivity index (χ1v) is 5.24. The fraction of sp³-hybridized carbons (Fsp3) is 0.417. The Morgan fingerprint density at radius 3 is 2.87 bits per heavy atom. The van der Waals surface area contributed by atoms with Crippen LogP contribution >= 0.6 is 0 Å². The summed E-state index contributed by atoms with van der Waals surface area (Å²) >= 11 is 0. The Labute approximate surface area is 88.6 Å². The molecule has 3 nitrogen and oxygen atoms in total. The molecule has 2 heterocycles. The summed E-state index contributed by atoms with van der Waals surface area (Å²) in [5.74, 6) is 0.165. The summed E-state index contributed by atoms with van der Waals surface area (Å²) in [5, 5.41) is 0. The maximum Gasteiger partial charge on any atom is 0.254 e. The Hall–Kier alpha value is -1.35. The third kappa shape index (κ3) is 1.27. The van der Waals surface area contributed by atoms with Crippen molar-refractivity contribution in [3.63, 3.8) is 0 Å². The molecule has 1 amide bonds.